The Morgan fingerprint density at radius 1 is 1.50 bits per heavy atom. The minimum atomic E-state index is 0.723. The van der Waals surface area contributed by atoms with Crippen LogP contribution in [0.25, 0.3) is 0 Å². The summed E-state index contributed by atoms with van der Waals surface area (Å²) in [6.07, 6.45) is 6.65. The van der Waals surface area contributed by atoms with Crippen LogP contribution in [-0.2, 0) is 4.74 Å². The van der Waals surface area contributed by atoms with Gasteiger partial charge in [0.15, 0.2) is 0 Å². The largest absolute Gasteiger partial charge is 0.493 e. The molecule has 0 saturated carbocycles. The lowest BCUT2D eigenvalue weighted by molar-refractivity contribution is 0.216. The van der Waals surface area contributed by atoms with Gasteiger partial charge < -0.3 is 4.74 Å². The minimum absolute atomic E-state index is 0.723. The molecular weight excluding hydrogens is 148 g/mol. The van der Waals surface area contributed by atoms with E-state index in [1.807, 2.05) is 19.1 Å². The molecule has 1 heteroatoms. The van der Waals surface area contributed by atoms with Gasteiger partial charge in [-0.15, -0.1) is 0 Å². The molecule has 0 spiro atoms. The molecule has 0 amide bonds. The van der Waals surface area contributed by atoms with Crippen LogP contribution < -0.4 is 0 Å². The van der Waals surface area contributed by atoms with E-state index in [0.717, 1.165) is 29.9 Å². The first-order valence-corrected chi connectivity index (χ1v) is 4.10. The van der Waals surface area contributed by atoms with Crippen molar-refractivity contribution in [2.24, 2.45) is 0 Å². The maximum atomic E-state index is 5.41. The van der Waals surface area contributed by atoms with Gasteiger partial charge in [-0.05, 0) is 18.6 Å². The van der Waals surface area contributed by atoms with E-state index in [9.17, 15) is 0 Å². The standard InChI is InChI=1S/C11H14O/c1-4-6-10-9(3)7-8-12-11(10)5-2/h4-6H,2-3,7-8H2,1H3/b6-4-. The van der Waals surface area contributed by atoms with Crippen LogP contribution in [0.2, 0.25) is 0 Å². The van der Waals surface area contributed by atoms with E-state index in [1.54, 1.807) is 6.08 Å². The Morgan fingerprint density at radius 3 is 2.83 bits per heavy atom. The average molecular weight is 162 g/mol. The normalized spacial score (nSPS) is 18.2. The van der Waals surface area contributed by atoms with E-state index in [1.165, 1.54) is 0 Å². The third-order valence-corrected chi connectivity index (χ3v) is 1.83. The summed E-state index contributed by atoms with van der Waals surface area (Å²) < 4.78 is 5.41. The molecule has 64 valence electrons. The fraction of sp³-hybridized carbons (Fsp3) is 0.273. The minimum Gasteiger partial charge on any atom is -0.493 e. The van der Waals surface area contributed by atoms with Gasteiger partial charge in [0.25, 0.3) is 0 Å². The molecule has 0 aromatic heterocycles. The molecule has 0 radical (unpaired) electrons. The van der Waals surface area contributed by atoms with Gasteiger partial charge in [-0.1, -0.05) is 25.3 Å². The highest BCUT2D eigenvalue weighted by molar-refractivity contribution is 5.44. The summed E-state index contributed by atoms with van der Waals surface area (Å²) in [6.45, 7) is 10.4. The first-order valence-electron chi connectivity index (χ1n) is 4.10. The van der Waals surface area contributed by atoms with Crippen LogP contribution in [0.3, 0.4) is 0 Å². The fourth-order valence-electron chi connectivity index (χ4n) is 1.21. The highest BCUT2D eigenvalue weighted by atomic mass is 16.5. The second-order valence-corrected chi connectivity index (χ2v) is 2.68. The number of ether oxygens (including phenoxy) is 1. The van der Waals surface area contributed by atoms with Crippen molar-refractivity contribution in [1.82, 2.24) is 0 Å². The first-order chi connectivity index (χ1) is 5.79. The third-order valence-electron chi connectivity index (χ3n) is 1.83. The number of rotatable bonds is 2. The van der Waals surface area contributed by atoms with Gasteiger partial charge in [0.05, 0.1) is 6.61 Å². The smallest absolute Gasteiger partial charge is 0.126 e. The van der Waals surface area contributed by atoms with Gasteiger partial charge in [0.2, 0.25) is 0 Å². The highest BCUT2D eigenvalue weighted by Crippen LogP contribution is 2.24. The lowest BCUT2D eigenvalue weighted by atomic mass is 10.0. The molecule has 0 aromatic carbocycles. The predicted octanol–water partition coefficient (Wildman–Crippen LogP) is 2.98. The zero-order valence-corrected chi connectivity index (χ0v) is 7.47. The van der Waals surface area contributed by atoms with Crippen molar-refractivity contribution < 1.29 is 4.74 Å². The topological polar surface area (TPSA) is 9.23 Å². The molecule has 0 bridgehead atoms. The zero-order valence-electron chi connectivity index (χ0n) is 7.47. The van der Waals surface area contributed by atoms with Crippen molar-refractivity contribution in [3.8, 4) is 0 Å². The number of allylic oxidation sites excluding steroid dienone is 4. The van der Waals surface area contributed by atoms with Crippen molar-refractivity contribution in [2.45, 2.75) is 13.3 Å². The summed E-state index contributed by atoms with van der Waals surface area (Å²) in [6, 6.07) is 0. The Bertz CT molecular complexity index is 256. The van der Waals surface area contributed by atoms with Crippen LogP contribution in [0.1, 0.15) is 13.3 Å². The predicted molar refractivity (Wildman–Crippen MR) is 51.7 cm³/mol. The Balaban J connectivity index is 3.03. The quantitative estimate of drug-likeness (QED) is 0.606. The number of hydrogen-bond acceptors (Lipinski definition) is 1. The number of hydrogen-bond donors (Lipinski definition) is 0. The molecule has 0 unspecified atom stereocenters. The Labute approximate surface area is 73.7 Å². The van der Waals surface area contributed by atoms with Crippen LogP contribution in [0.15, 0.2) is 48.3 Å². The lowest BCUT2D eigenvalue weighted by Crippen LogP contribution is -2.06. The maximum Gasteiger partial charge on any atom is 0.126 e. The molecule has 12 heavy (non-hydrogen) atoms. The molecule has 0 aromatic rings. The molecule has 1 aliphatic rings. The third kappa shape index (κ3) is 1.67. The summed E-state index contributed by atoms with van der Waals surface area (Å²) in [4.78, 5) is 0. The molecule has 0 atom stereocenters. The van der Waals surface area contributed by atoms with Crippen molar-refractivity contribution in [3.63, 3.8) is 0 Å². The van der Waals surface area contributed by atoms with Crippen molar-refractivity contribution in [3.05, 3.63) is 48.3 Å². The van der Waals surface area contributed by atoms with E-state index >= 15 is 0 Å². The van der Waals surface area contributed by atoms with Crippen LogP contribution in [0.4, 0.5) is 0 Å². The Hall–Kier alpha value is -1.24. The van der Waals surface area contributed by atoms with E-state index in [0.29, 0.717) is 0 Å². The Morgan fingerprint density at radius 2 is 2.25 bits per heavy atom. The molecule has 1 aliphatic heterocycles. The van der Waals surface area contributed by atoms with Crippen molar-refractivity contribution in [1.29, 1.82) is 0 Å². The van der Waals surface area contributed by atoms with E-state index < -0.39 is 0 Å². The summed E-state index contributed by atoms with van der Waals surface area (Å²) in [7, 11) is 0. The van der Waals surface area contributed by atoms with Crippen molar-refractivity contribution in [2.75, 3.05) is 6.61 Å². The summed E-state index contributed by atoms with van der Waals surface area (Å²) in [5, 5.41) is 0. The monoisotopic (exact) mass is 162 g/mol. The molecule has 1 nitrogen and oxygen atoms in total. The van der Waals surface area contributed by atoms with Gasteiger partial charge >= 0.3 is 0 Å². The fourth-order valence-corrected chi connectivity index (χ4v) is 1.21. The molecule has 1 heterocycles. The van der Waals surface area contributed by atoms with Gasteiger partial charge in [-0.3, -0.25) is 0 Å². The van der Waals surface area contributed by atoms with Gasteiger partial charge in [0.1, 0.15) is 5.76 Å². The molecular formula is C11H14O. The molecule has 1 rings (SSSR count). The molecule has 0 fully saturated rings. The van der Waals surface area contributed by atoms with E-state index in [-0.39, 0.29) is 0 Å². The molecule has 0 saturated heterocycles. The Kier molecular flexibility index (Phi) is 2.92. The average Bonchev–Trinajstić information content (AvgIpc) is 2.09. The summed E-state index contributed by atoms with van der Waals surface area (Å²) in [5.74, 6) is 0.851. The second-order valence-electron chi connectivity index (χ2n) is 2.68. The van der Waals surface area contributed by atoms with Crippen LogP contribution >= 0.6 is 0 Å². The van der Waals surface area contributed by atoms with Crippen LogP contribution in [-0.4, -0.2) is 6.61 Å². The van der Waals surface area contributed by atoms with E-state index in [2.05, 4.69) is 13.2 Å². The first kappa shape index (κ1) is 8.85. The lowest BCUT2D eigenvalue weighted by Gasteiger charge is -2.18. The van der Waals surface area contributed by atoms with Crippen LogP contribution in [0.5, 0.6) is 0 Å². The molecule has 0 N–H and O–H groups in total. The maximum absolute atomic E-state index is 5.41. The molecule has 0 aliphatic carbocycles. The van der Waals surface area contributed by atoms with Crippen LogP contribution in [0, 0.1) is 0 Å². The SMILES string of the molecule is C=CC1=C(/C=C\C)C(=C)CCO1. The summed E-state index contributed by atoms with van der Waals surface area (Å²) >= 11 is 0. The van der Waals surface area contributed by atoms with Gasteiger partial charge in [-0.2, -0.15) is 0 Å². The second kappa shape index (κ2) is 3.96. The summed E-state index contributed by atoms with van der Waals surface area (Å²) in [5.41, 5.74) is 2.22. The van der Waals surface area contributed by atoms with Gasteiger partial charge in [0, 0.05) is 12.0 Å². The zero-order chi connectivity index (χ0) is 8.97. The highest BCUT2D eigenvalue weighted by Gasteiger charge is 2.11. The van der Waals surface area contributed by atoms with Gasteiger partial charge in [-0.25, -0.2) is 0 Å². The van der Waals surface area contributed by atoms with Crippen molar-refractivity contribution >= 4 is 0 Å². The van der Waals surface area contributed by atoms with E-state index in [4.69, 9.17) is 4.74 Å².